The smallest absolute Gasteiger partial charge is 0.0757 e. The lowest BCUT2D eigenvalue weighted by atomic mass is 10.1. The minimum Gasteiger partial charge on any atom is -0.318 e. The van der Waals surface area contributed by atoms with Crippen LogP contribution in [-0.2, 0) is 0 Å². The third-order valence-corrected chi connectivity index (χ3v) is 3.11. The summed E-state index contributed by atoms with van der Waals surface area (Å²) in [4.78, 5) is 0. The maximum Gasteiger partial charge on any atom is 0.0757 e. The number of aromatic nitrogens is 2. The molecule has 0 aliphatic carbocycles. The Morgan fingerprint density at radius 1 is 1.26 bits per heavy atom. The van der Waals surface area contributed by atoms with Gasteiger partial charge in [0.25, 0.3) is 0 Å². The molecule has 1 atom stereocenters. The Balaban J connectivity index is 2.43. The fourth-order valence-electron chi connectivity index (χ4n) is 1.91. The first-order chi connectivity index (χ1) is 9.13. The summed E-state index contributed by atoms with van der Waals surface area (Å²) in [6, 6.07) is 10.0. The molecule has 2 N–H and O–H groups in total. The molecule has 2 rings (SSSR count). The van der Waals surface area contributed by atoms with Crippen LogP contribution in [-0.4, -0.2) is 15.8 Å². The summed E-state index contributed by atoms with van der Waals surface area (Å²) in [7, 11) is 0. The van der Waals surface area contributed by atoms with E-state index in [4.69, 9.17) is 5.73 Å². The van der Waals surface area contributed by atoms with Gasteiger partial charge < -0.3 is 5.73 Å². The van der Waals surface area contributed by atoms with Gasteiger partial charge in [-0.25, -0.2) is 4.68 Å². The van der Waals surface area contributed by atoms with E-state index in [9.17, 15) is 0 Å². The second kappa shape index (κ2) is 5.73. The summed E-state index contributed by atoms with van der Waals surface area (Å²) in [5.41, 5.74) is 9.87. The van der Waals surface area contributed by atoms with Gasteiger partial charge in [-0.1, -0.05) is 37.0 Å². The van der Waals surface area contributed by atoms with Crippen molar-refractivity contribution in [3.63, 3.8) is 0 Å². The van der Waals surface area contributed by atoms with Gasteiger partial charge in [0.15, 0.2) is 0 Å². The van der Waals surface area contributed by atoms with Crippen molar-refractivity contribution in [2.75, 3.05) is 0 Å². The number of nitrogens with two attached hydrogens (primary N) is 1. The molecule has 2 aromatic rings. The Kier molecular flexibility index (Phi) is 4.03. The fourth-order valence-corrected chi connectivity index (χ4v) is 1.91. The standard InChI is InChI=1S/C16H19N3/c1-4-14(17)10-11-16-12(2)18-19(13(16)3)15-8-6-5-7-9-15/h5-9,14H,4,17H2,1-3H3. The first kappa shape index (κ1) is 13.4. The van der Waals surface area contributed by atoms with Crippen LogP contribution in [0.1, 0.15) is 30.3 Å². The summed E-state index contributed by atoms with van der Waals surface area (Å²) >= 11 is 0. The van der Waals surface area contributed by atoms with Crippen molar-refractivity contribution in [2.24, 2.45) is 5.73 Å². The lowest BCUT2D eigenvalue weighted by molar-refractivity contribution is 0.806. The highest BCUT2D eigenvalue weighted by atomic mass is 15.3. The van der Waals surface area contributed by atoms with Gasteiger partial charge in [-0.05, 0) is 32.4 Å². The number of hydrogen-bond donors (Lipinski definition) is 1. The molecule has 0 amide bonds. The van der Waals surface area contributed by atoms with Gasteiger partial charge >= 0.3 is 0 Å². The zero-order chi connectivity index (χ0) is 13.8. The molecule has 19 heavy (non-hydrogen) atoms. The fraction of sp³-hybridized carbons (Fsp3) is 0.312. The summed E-state index contributed by atoms with van der Waals surface area (Å²) in [5.74, 6) is 6.23. The zero-order valence-corrected chi connectivity index (χ0v) is 11.6. The summed E-state index contributed by atoms with van der Waals surface area (Å²) in [6.07, 6.45) is 0.859. The summed E-state index contributed by atoms with van der Waals surface area (Å²) in [5, 5.41) is 4.56. The molecule has 0 aliphatic heterocycles. The first-order valence-corrected chi connectivity index (χ1v) is 6.52. The summed E-state index contributed by atoms with van der Waals surface area (Å²) in [6.45, 7) is 6.05. The number of rotatable bonds is 2. The van der Waals surface area contributed by atoms with Crippen molar-refractivity contribution in [3.8, 4) is 17.5 Å². The highest BCUT2D eigenvalue weighted by Crippen LogP contribution is 2.16. The Hall–Kier alpha value is -2.05. The van der Waals surface area contributed by atoms with Crippen LogP contribution in [0.3, 0.4) is 0 Å². The minimum absolute atomic E-state index is 0.0705. The molecular weight excluding hydrogens is 234 g/mol. The van der Waals surface area contributed by atoms with Crippen LogP contribution in [0.2, 0.25) is 0 Å². The Labute approximate surface area is 114 Å². The number of aryl methyl sites for hydroxylation is 1. The monoisotopic (exact) mass is 253 g/mol. The van der Waals surface area contributed by atoms with E-state index in [0.29, 0.717) is 0 Å². The molecule has 1 unspecified atom stereocenters. The Bertz CT molecular complexity index is 615. The molecule has 0 saturated heterocycles. The number of benzene rings is 1. The van der Waals surface area contributed by atoms with Crippen LogP contribution < -0.4 is 5.73 Å². The third kappa shape index (κ3) is 2.86. The van der Waals surface area contributed by atoms with Crippen LogP contribution in [0.4, 0.5) is 0 Å². The Morgan fingerprint density at radius 3 is 2.58 bits per heavy atom. The van der Waals surface area contributed by atoms with E-state index >= 15 is 0 Å². The van der Waals surface area contributed by atoms with Crippen molar-refractivity contribution in [3.05, 3.63) is 47.3 Å². The van der Waals surface area contributed by atoms with Gasteiger partial charge in [-0.15, -0.1) is 0 Å². The molecule has 0 aliphatic rings. The van der Waals surface area contributed by atoms with Gasteiger partial charge in [0.05, 0.1) is 28.7 Å². The van der Waals surface area contributed by atoms with E-state index < -0.39 is 0 Å². The van der Waals surface area contributed by atoms with Crippen molar-refractivity contribution < 1.29 is 0 Å². The second-order valence-corrected chi connectivity index (χ2v) is 4.58. The second-order valence-electron chi connectivity index (χ2n) is 4.58. The van der Waals surface area contributed by atoms with Crippen molar-refractivity contribution >= 4 is 0 Å². The third-order valence-electron chi connectivity index (χ3n) is 3.11. The molecule has 0 saturated carbocycles. The van der Waals surface area contributed by atoms with Crippen LogP contribution in [0.5, 0.6) is 0 Å². The molecule has 3 nitrogen and oxygen atoms in total. The van der Waals surface area contributed by atoms with E-state index in [1.807, 2.05) is 55.8 Å². The lowest BCUT2D eigenvalue weighted by Gasteiger charge is -2.03. The average molecular weight is 253 g/mol. The SMILES string of the molecule is CCC(N)C#Cc1c(C)nn(-c2ccccc2)c1C. The topological polar surface area (TPSA) is 43.8 Å². The number of hydrogen-bond acceptors (Lipinski definition) is 2. The van der Waals surface area contributed by atoms with Gasteiger partial charge in [-0.2, -0.15) is 5.10 Å². The van der Waals surface area contributed by atoms with E-state index in [1.165, 1.54) is 0 Å². The molecule has 98 valence electrons. The van der Waals surface area contributed by atoms with Gasteiger partial charge in [0.1, 0.15) is 0 Å². The van der Waals surface area contributed by atoms with Crippen molar-refractivity contribution in [1.29, 1.82) is 0 Å². The Morgan fingerprint density at radius 2 is 1.95 bits per heavy atom. The van der Waals surface area contributed by atoms with Crippen LogP contribution >= 0.6 is 0 Å². The lowest BCUT2D eigenvalue weighted by Crippen LogP contribution is -2.15. The van der Waals surface area contributed by atoms with E-state index in [0.717, 1.165) is 29.1 Å². The molecule has 0 bridgehead atoms. The first-order valence-electron chi connectivity index (χ1n) is 6.52. The summed E-state index contributed by atoms with van der Waals surface area (Å²) < 4.78 is 1.93. The highest BCUT2D eigenvalue weighted by Gasteiger charge is 2.10. The molecular formula is C16H19N3. The predicted octanol–water partition coefficient (Wildman–Crippen LogP) is 2.58. The van der Waals surface area contributed by atoms with Gasteiger partial charge in [0, 0.05) is 0 Å². The molecule has 3 heteroatoms. The molecule has 1 heterocycles. The molecule has 0 radical (unpaired) electrons. The van der Waals surface area contributed by atoms with Crippen molar-refractivity contribution in [1.82, 2.24) is 9.78 Å². The molecule has 0 fully saturated rings. The zero-order valence-electron chi connectivity index (χ0n) is 11.6. The van der Waals surface area contributed by atoms with E-state index in [1.54, 1.807) is 0 Å². The van der Waals surface area contributed by atoms with E-state index in [-0.39, 0.29) is 6.04 Å². The van der Waals surface area contributed by atoms with Crippen LogP contribution in [0.15, 0.2) is 30.3 Å². The minimum atomic E-state index is -0.0705. The molecule has 0 spiro atoms. The van der Waals surface area contributed by atoms with E-state index in [2.05, 4.69) is 16.9 Å². The predicted molar refractivity (Wildman–Crippen MR) is 78.2 cm³/mol. The van der Waals surface area contributed by atoms with Crippen LogP contribution in [0, 0.1) is 25.7 Å². The number of nitrogens with zero attached hydrogens (tertiary/aromatic N) is 2. The maximum absolute atomic E-state index is 5.84. The number of para-hydroxylation sites is 1. The normalized spacial score (nSPS) is 11.8. The maximum atomic E-state index is 5.84. The molecule has 1 aromatic carbocycles. The highest BCUT2D eigenvalue weighted by molar-refractivity contribution is 5.45. The van der Waals surface area contributed by atoms with Gasteiger partial charge in [-0.3, -0.25) is 0 Å². The van der Waals surface area contributed by atoms with Crippen LogP contribution in [0.25, 0.3) is 5.69 Å². The average Bonchev–Trinajstić information content (AvgIpc) is 2.72. The molecule has 1 aromatic heterocycles. The quantitative estimate of drug-likeness (QED) is 0.836. The van der Waals surface area contributed by atoms with Crippen molar-refractivity contribution in [2.45, 2.75) is 33.2 Å². The van der Waals surface area contributed by atoms with Gasteiger partial charge in [0.2, 0.25) is 0 Å². The largest absolute Gasteiger partial charge is 0.318 e.